The molecule has 0 aliphatic carbocycles. The maximum absolute atomic E-state index is 11.3. The molecule has 0 saturated heterocycles. The van der Waals surface area contributed by atoms with Gasteiger partial charge in [-0.05, 0) is 23.3 Å². The molecule has 1 aromatic carbocycles. The lowest BCUT2D eigenvalue weighted by molar-refractivity contribution is 0.507. The third kappa shape index (κ3) is 8.39. The van der Waals surface area contributed by atoms with E-state index >= 15 is 0 Å². The zero-order chi connectivity index (χ0) is 17.4. The number of benzene rings is 1. The highest BCUT2D eigenvalue weighted by Crippen LogP contribution is 2.07. The first-order valence-corrected chi connectivity index (χ1v) is 9.75. The number of furan rings is 1. The molecule has 6 nitrogen and oxygen atoms in total. The largest absolute Gasteiger partial charge is 0.469 e. The fourth-order valence-electron chi connectivity index (χ4n) is 2.22. The second-order valence-electron chi connectivity index (χ2n) is 5.57. The lowest BCUT2D eigenvalue weighted by atomic mass is 10.1. The minimum absolute atomic E-state index is 0. The average Bonchev–Trinajstić information content (AvgIpc) is 3.04. The molecule has 0 radical (unpaired) electrons. The van der Waals surface area contributed by atoms with Crippen molar-refractivity contribution in [1.82, 2.24) is 10.6 Å². The Hall–Kier alpha value is -1.55. The second-order valence-corrected chi connectivity index (χ2v) is 7.71. The number of hydrogen-bond acceptors (Lipinski definition) is 4. The van der Waals surface area contributed by atoms with Gasteiger partial charge in [-0.25, -0.2) is 8.42 Å². The fourth-order valence-corrected chi connectivity index (χ4v) is 3.02. The van der Waals surface area contributed by atoms with Crippen LogP contribution < -0.4 is 10.6 Å². The van der Waals surface area contributed by atoms with E-state index in [1.807, 2.05) is 36.4 Å². The molecular formula is C17H24IN3O3S. The SMILES string of the molecule is CN=C(NCCc1ccco1)NCc1ccc(CS(C)(=O)=O)cc1.I. The van der Waals surface area contributed by atoms with Gasteiger partial charge < -0.3 is 15.1 Å². The predicted octanol–water partition coefficient (Wildman–Crippen LogP) is 2.35. The average molecular weight is 477 g/mol. The van der Waals surface area contributed by atoms with E-state index in [1.165, 1.54) is 6.26 Å². The molecule has 0 bridgehead atoms. The molecule has 2 N–H and O–H groups in total. The second kappa shape index (κ2) is 10.4. The molecule has 0 aliphatic rings. The van der Waals surface area contributed by atoms with Gasteiger partial charge in [-0.3, -0.25) is 4.99 Å². The molecule has 2 aromatic rings. The number of sulfone groups is 1. The Morgan fingerprint density at radius 1 is 1.12 bits per heavy atom. The number of aliphatic imine (C=N–C) groups is 1. The van der Waals surface area contributed by atoms with Crippen molar-refractivity contribution in [1.29, 1.82) is 0 Å². The summed E-state index contributed by atoms with van der Waals surface area (Å²) in [5.41, 5.74) is 1.85. The maximum Gasteiger partial charge on any atom is 0.191 e. The molecule has 25 heavy (non-hydrogen) atoms. The van der Waals surface area contributed by atoms with E-state index in [2.05, 4.69) is 15.6 Å². The summed E-state index contributed by atoms with van der Waals surface area (Å²) in [6.07, 6.45) is 3.69. The summed E-state index contributed by atoms with van der Waals surface area (Å²) >= 11 is 0. The molecule has 2 rings (SSSR count). The van der Waals surface area contributed by atoms with E-state index in [0.29, 0.717) is 12.5 Å². The van der Waals surface area contributed by atoms with Gasteiger partial charge in [-0.2, -0.15) is 0 Å². The third-order valence-corrected chi connectivity index (χ3v) is 4.24. The zero-order valence-corrected chi connectivity index (χ0v) is 17.5. The van der Waals surface area contributed by atoms with Gasteiger partial charge >= 0.3 is 0 Å². The van der Waals surface area contributed by atoms with Crippen molar-refractivity contribution >= 4 is 39.8 Å². The fraction of sp³-hybridized carbons (Fsp3) is 0.353. The molecule has 0 atom stereocenters. The summed E-state index contributed by atoms with van der Waals surface area (Å²) in [5, 5.41) is 6.44. The summed E-state index contributed by atoms with van der Waals surface area (Å²) < 4.78 is 27.8. The first kappa shape index (κ1) is 21.5. The van der Waals surface area contributed by atoms with Crippen LogP contribution in [0.15, 0.2) is 52.1 Å². The van der Waals surface area contributed by atoms with Crippen LogP contribution in [0.4, 0.5) is 0 Å². The van der Waals surface area contributed by atoms with Gasteiger partial charge in [-0.15, -0.1) is 24.0 Å². The smallest absolute Gasteiger partial charge is 0.191 e. The Kier molecular flexibility index (Phi) is 8.98. The molecule has 0 aliphatic heterocycles. The molecule has 1 aromatic heterocycles. The van der Waals surface area contributed by atoms with Crippen LogP contribution in [-0.4, -0.2) is 34.2 Å². The number of nitrogens with zero attached hydrogens (tertiary/aromatic N) is 1. The van der Waals surface area contributed by atoms with Crippen LogP contribution in [0.25, 0.3) is 0 Å². The van der Waals surface area contributed by atoms with Crippen LogP contribution in [0.2, 0.25) is 0 Å². The van der Waals surface area contributed by atoms with Crippen LogP contribution in [0.5, 0.6) is 0 Å². The van der Waals surface area contributed by atoms with Gasteiger partial charge in [-0.1, -0.05) is 24.3 Å². The topological polar surface area (TPSA) is 83.7 Å². The minimum atomic E-state index is -3.00. The molecular weight excluding hydrogens is 453 g/mol. The minimum Gasteiger partial charge on any atom is -0.469 e. The van der Waals surface area contributed by atoms with Gasteiger partial charge in [0.1, 0.15) is 5.76 Å². The molecule has 8 heteroatoms. The standard InChI is InChI=1S/C17H23N3O3S.HI/c1-18-17(19-10-9-16-4-3-11-23-16)20-12-14-5-7-15(8-6-14)13-24(2,21)22;/h3-8,11H,9-10,12-13H2,1-2H3,(H2,18,19,20);1H. The van der Waals surface area contributed by atoms with E-state index in [9.17, 15) is 8.42 Å². The number of nitrogens with one attached hydrogen (secondary N) is 2. The van der Waals surface area contributed by atoms with E-state index in [0.717, 1.165) is 29.9 Å². The first-order chi connectivity index (χ1) is 11.5. The highest BCUT2D eigenvalue weighted by atomic mass is 127. The highest BCUT2D eigenvalue weighted by Gasteiger charge is 2.05. The van der Waals surface area contributed by atoms with Crippen molar-refractivity contribution in [2.24, 2.45) is 4.99 Å². The van der Waals surface area contributed by atoms with Gasteiger partial charge in [0.2, 0.25) is 0 Å². The molecule has 0 amide bonds. The third-order valence-electron chi connectivity index (χ3n) is 3.38. The Balaban J connectivity index is 0.00000312. The summed E-state index contributed by atoms with van der Waals surface area (Å²) in [5.74, 6) is 1.71. The van der Waals surface area contributed by atoms with Gasteiger partial charge in [0.25, 0.3) is 0 Å². The predicted molar refractivity (Wildman–Crippen MR) is 111 cm³/mol. The zero-order valence-electron chi connectivity index (χ0n) is 14.4. The summed E-state index contributed by atoms with van der Waals surface area (Å²) in [6, 6.07) is 11.3. The van der Waals surface area contributed by atoms with E-state index in [-0.39, 0.29) is 29.7 Å². The normalized spacial score (nSPS) is 11.7. The number of hydrogen-bond donors (Lipinski definition) is 2. The van der Waals surface area contributed by atoms with Crippen LogP contribution >= 0.6 is 24.0 Å². The molecule has 0 saturated carbocycles. The van der Waals surface area contributed by atoms with Crippen LogP contribution in [0.3, 0.4) is 0 Å². The van der Waals surface area contributed by atoms with Crippen molar-refractivity contribution in [2.75, 3.05) is 19.8 Å². The number of rotatable bonds is 7. The highest BCUT2D eigenvalue weighted by molar-refractivity contribution is 14.0. The molecule has 0 unspecified atom stereocenters. The Morgan fingerprint density at radius 2 is 1.80 bits per heavy atom. The number of halogens is 1. The quantitative estimate of drug-likeness (QED) is 0.364. The monoisotopic (exact) mass is 477 g/mol. The summed E-state index contributed by atoms with van der Waals surface area (Å²) in [7, 11) is -1.28. The summed E-state index contributed by atoms with van der Waals surface area (Å²) in [6.45, 7) is 1.33. The molecule has 0 spiro atoms. The lowest BCUT2D eigenvalue weighted by Crippen LogP contribution is -2.37. The van der Waals surface area contributed by atoms with Crippen molar-refractivity contribution in [2.45, 2.75) is 18.7 Å². The van der Waals surface area contributed by atoms with E-state index < -0.39 is 9.84 Å². The Morgan fingerprint density at radius 3 is 2.36 bits per heavy atom. The van der Waals surface area contributed by atoms with Crippen LogP contribution in [-0.2, 0) is 28.6 Å². The van der Waals surface area contributed by atoms with Gasteiger partial charge in [0.15, 0.2) is 15.8 Å². The van der Waals surface area contributed by atoms with Crippen molar-refractivity contribution in [3.05, 3.63) is 59.5 Å². The lowest BCUT2D eigenvalue weighted by Gasteiger charge is -2.11. The number of guanidine groups is 1. The van der Waals surface area contributed by atoms with Gasteiger partial charge in [0.05, 0.1) is 12.0 Å². The Bertz CT molecular complexity index is 757. The van der Waals surface area contributed by atoms with Crippen molar-refractivity contribution in [3.8, 4) is 0 Å². The summed E-state index contributed by atoms with van der Waals surface area (Å²) in [4.78, 5) is 4.17. The van der Waals surface area contributed by atoms with Crippen molar-refractivity contribution in [3.63, 3.8) is 0 Å². The van der Waals surface area contributed by atoms with Crippen molar-refractivity contribution < 1.29 is 12.8 Å². The van der Waals surface area contributed by atoms with Crippen LogP contribution in [0.1, 0.15) is 16.9 Å². The molecule has 1 heterocycles. The van der Waals surface area contributed by atoms with E-state index in [1.54, 1.807) is 13.3 Å². The maximum atomic E-state index is 11.3. The Labute approximate surface area is 166 Å². The van der Waals surface area contributed by atoms with Gasteiger partial charge in [0, 0.05) is 32.8 Å². The van der Waals surface area contributed by atoms with E-state index in [4.69, 9.17) is 4.42 Å². The molecule has 0 fully saturated rings. The molecule has 138 valence electrons. The van der Waals surface area contributed by atoms with Crippen LogP contribution in [0, 0.1) is 0 Å². The first-order valence-electron chi connectivity index (χ1n) is 7.69.